The Kier molecular flexibility index (Phi) is 10.5. The van der Waals surface area contributed by atoms with Crippen LogP contribution in [0.5, 0.6) is 0 Å². The average Bonchev–Trinajstić information content (AvgIpc) is 3.46. The predicted molar refractivity (Wildman–Crippen MR) is 157 cm³/mol. The Labute approximate surface area is 277 Å². The third-order valence-corrected chi connectivity index (χ3v) is 11.7. The number of carbonyl (C=O) groups excluding carboxylic acids is 2. The number of hydrogen-bond donors (Lipinski definition) is 4. The summed E-state index contributed by atoms with van der Waals surface area (Å²) >= 11 is 0.808. The topological polar surface area (TPSA) is 139 Å². The molecule has 0 spiro atoms. The molecule has 1 saturated heterocycles. The molecule has 1 fully saturated rings. The molecule has 1 atom stereocenters. The SMILES string of the molecule is C[C@]1(/C(O)=C(/C(=O)Nc2ccc(C(F)(F)F)cc2-c2cnc(C#N)c(NO)c2)C(=O)N(I)Cc2cccc(F)c2F)CCC[I-]1. The summed E-state index contributed by atoms with van der Waals surface area (Å²) in [5.41, 5.74) is -1.21. The van der Waals surface area contributed by atoms with Crippen LogP contribution in [0.1, 0.15) is 36.6 Å². The van der Waals surface area contributed by atoms with Crippen LogP contribution in [0.25, 0.3) is 11.1 Å². The van der Waals surface area contributed by atoms with Gasteiger partial charge in [0, 0.05) is 0 Å². The Hall–Kier alpha value is -3.57. The number of carbonyl (C=O) groups is 2. The molecule has 3 aromatic rings. The van der Waals surface area contributed by atoms with Crippen LogP contribution < -0.4 is 32.0 Å². The molecule has 9 nitrogen and oxygen atoms in total. The second-order valence-electron chi connectivity index (χ2n) is 9.94. The number of nitrogens with zero attached hydrogens (tertiary/aromatic N) is 3. The first-order valence-corrected chi connectivity index (χ1v) is 16.5. The molecule has 0 bridgehead atoms. The van der Waals surface area contributed by atoms with Crippen molar-refractivity contribution in [2.45, 2.75) is 35.9 Å². The summed E-state index contributed by atoms with van der Waals surface area (Å²) in [6, 6.07) is 8.61. The van der Waals surface area contributed by atoms with Crippen molar-refractivity contribution < 1.29 is 63.1 Å². The molecule has 2 amide bonds. The summed E-state index contributed by atoms with van der Waals surface area (Å²) in [5, 5.41) is 32.5. The predicted octanol–water partition coefficient (Wildman–Crippen LogP) is 3.49. The number of halogens is 7. The van der Waals surface area contributed by atoms with E-state index in [0.29, 0.717) is 18.6 Å². The number of anilines is 2. The molecule has 45 heavy (non-hydrogen) atoms. The monoisotopic (exact) mass is 854 g/mol. The van der Waals surface area contributed by atoms with Crippen molar-refractivity contribution >= 4 is 46.1 Å². The molecule has 1 aromatic heterocycles. The Morgan fingerprint density at radius 2 is 1.93 bits per heavy atom. The van der Waals surface area contributed by atoms with Gasteiger partial charge < -0.3 is 0 Å². The number of benzene rings is 2. The van der Waals surface area contributed by atoms with Crippen LogP contribution in [-0.2, 0) is 22.3 Å². The zero-order valence-electron chi connectivity index (χ0n) is 23.1. The van der Waals surface area contributed by atoms with Crippen molar-refractivity contribution in [3.8, 4) is 17.2 Å². The van der Waals surface area contributed by atoms with Gasteiger partial charge in [-0.05, 0) is 0 Å². The minimum atomic E-state index is -4.79. The summed E-state index contributed by atoms with van der Waals surface area (Å²) in [4.78, 5) is 31.4. The van der Waals surface area contributed by atoms with Gasteiger partial charge in [0.25, 0.3) is 0 Å². The summed E-state index contributed by atoms with van der Waals surface area (Å²) in [5.74, 6) is -5.03. The molecule has 0 unspecified atom stereocenters. The van der Waals surface area contributed by atoms with E-state index in [-0.39, 0.29) is 33.8 Å². The number of aliphatic hydroxyl groups excluding tert-OH is 1. The van der Waals surface area contributed by atoms with Gasteiger partial charge in [0.2, 0.25) is 0 Å². The standard InChI is InChI=1S/C29H23F5I2N5O4/c1-28(8-3-9-36-28)25(42)23(27(44)41(35)14-15-4-2-5-19(30)24(15)31)26(43)39-20-7-6-17(29(32,33)34)11-18(20)16-10-21(40-45)22(12-37)38-13-16/h2,4-7,10-11,13,40,42,45H,3,8-9,14H2,1H3,(H,39,43)/q-1/b25-23+/t28-/m1/s1. The average molecular weight is 854 g/mol. The van der Waals surface area contributed by atoms with Gasteiger partial charge in [-0.15, -0.1) is 0 Å². The number of pyridine rings is 1. The fourth-order valence-corrected chi connectivity index (χ4v) is 8.50. The van der Waals surface area contributed by atoms with Crippen molar-refractivity contribution in [2.24, 2.45) is 0 Å². The molecule has 2 aromatic carbocycles. The van der Waals surface area contributed by atoms with E-state index in [0.717, 1.165) is 38.4 Å². The van der Waals surface area contributed by atoms with Gasteiger partial charge in [-0.25, -0.2) is 0 Å². The molecular formula is C29H23F5I2N5O4-. The summed E-state index contributed by atoms with van der Waals surface area (Å²) in [6.07, 6.45) is -2.50. The van der Waals surface area contributed by atoms with Crippen LogP contribution in [-0.4, -0.2) is 38.1 Å². The molecule has 0 radical (unpaired) electrons. The quantitative estimate of drug-likeness (QED) is 0.0314. The number of hydrogen-bond acceptors (Lipinski definition) is 7. The van der Waals surface area contributed by atoms with Crippen LogP contribution in [0.15, 0.2) is 60.0 Å². The van der Waals surface area contributed by atoms with E-state index in [2.05, 4.69) is 10.3 Å². The summed E-state index contributed by atoms with van der Waals surface area (Å²) in [6.45, 7) is 1.24. The van der Waals surface area contributed by atoms with E-state index in [1.165, 1.54) is 35.0 Å². The molecule has 238 valence electrons. The fourth-order valence-electron chi connectivity index (χ4n) is 4.54. The van der Waals surface area contributed by atoms with Crippen molar-refractivity contribution in [2.75, 3.05) is 15.2 Å². The van der Waals surface area contributed by atoms with Crippen molar-refractivity contribution in [1.82, 2.24) is 8.10 Å². The second-order valence-corrected chi connectivity index (χ2v) is 15.3. The number of alkyl halides is 5. The van der Waals surface area contributed by atoms with E-state index in [1.807, 2.05) is 0 Å². The van der Waals surface area contributed by atoms with E-state index in [4.69, 9.17) is 0 Å². The maximum atomic E-state index is 14.4. The van der Waals surface area contributed by atoms with Crippen LogP contribution in [0.2, 0.25) is 0 Å². The minimum absolute atomic E-state index is 0.0428. The molecule has 16 heteroatoms. The molecule has 1 aliphatic heterocycles. The third kappa shape index (κ3) is 7.47. The Morgan fingerprint density at radius 1 is 1.20 bits per heavy atom. The normalized spacial score (nSPS) is 17.0. The van der Waals surface area contributed by atoms with Crippen LogP contribution in [0, 0.1) is 23.0 Å². The zero-order valence-corrected chi connectivity index (χ0v) is 27.5. The van der Waals surface area contributed by atoms with Crippen molar-refractivity contribution in [3.05, 3.63) is 88.4 Å². The Balaban J connectivity index is 1.80. The molecule has 4 rings (SSSR count). The van der Waals surface area contributed by atoms with E-state index in [9.17, 15) is 47.1 Å². The maximum absolute atomic E-state index is 14.4. The van der Waals surface area contributed by atoms with Gasteiger partial charge in [0.05, 0.1) is 0 Å². The van der Waals surface area contributed by atoms with E-state index in [1.54, 1.807) is 18.5 Å². The summed E-state index contributed by atoms with van der Waals surface area (Å²) in [7, 11) is 0. The molecule has 2 heterocycles. The molecule has 0 aliphatic carbocycles. The Bertz CT molecular complexity index is 1720. The van der Waals surface area contributed by atoms with Gasteiger partial charge in [-0.3, -0.25) is 0 Å². The number of rotatable bonds is 8. The molecule has 0 saturated carbocycles. The second kappa shape index (κ2) is 13.8. The number of aliphatic hydroxyl groups is 1. The van der Waals surface area contributed by atoms with Gasteiger partial charge >= 0.3 is 274 Å². The number of allylic oxidation sites excluding steroid dienone is 1. The third-order valence-electron chi connectivity index (χ3n) is 6.92. The van der Waals surface area contributed by atoms with Crippen LogP contribution >= 0.6 is 22.9 Å². The van der Waals surface area contributed by atoms with Gasteiger partial charge in [-0.2, -0.15) is 5.26 Å². The number of amides is 2. The first-order chi connectivity index (χ1) is 21.2. The van der Waals surface area contributed by atoms with Gasteiger partial charge in [-0.1, -0.05) is 0 Å². The summed E-state index contributed by atoms with van der Waals surface area (Å²) < 4.78 is 70.1. The van der Waals surface area contributed by atoms with Crippen LogP contribution in [0.3, 0.4) is 0 Å². The van der Waals surface area contributed by atoms with E-state index >= 15 is 0 Å². The number of aromatic nitrogens is 1. The van der Waals surface area contributed by atoms with Crippen molar-refractivity contribution in [3.63, 3.8) is 0 Å². The van der Waals surface area contributed by atoms with Crippen LogP contribution in [0.4, 0.5) is 33.3 Å². The molecule has 4 N–H and O–H groups in total. The van der Waals surface area contributed by atoms with Gasteiger partial charge in [0.15, 0.2) is 0 Å². The number of nitrogens with one attached hydrogen (secondary N) is 2. The Morgan fingerprint density at radius 3 is 2.56 bits per heavy atom. The zero-order chi connectivity index (χ0) is 33.1. The van der Waals surface area contributed by atoms with E-state index < -0.39 is 77.7 Å². The first-order valence-electron chi connectivity index (χ1n) is 13.0. The number of nitriles is 1. The molecule has 1 aliphatic rings. The molecular weight excluding hydrogens is 831 g/mol. The van der Waals surface area contributed by atoms with Crippen molar-refractivity contribution in [1.29, 1.82) is 5.26 Å². The fraction of sp³-hybridized carbons (Fsp3) is 0.241. The first kappa shape index (κ1) is 34.3. The van der Waals surface area contributed by atoms with Gasteiger partial charge in [0.1, 0.15) is 0 Å².